The second kappa shape index (κ2) is 8.54. The third-order valence-electron chi connectivity index (χ3n) is 3.99. The Bertz CT molecular complexity index is 994. The van der Waals surface area contributed by atoms with Crippen LogP contribution in [0, 0.1) is 0 Å². The van der Waals surface area contributed by atoms with Crippen molar-refractivity contribution in [1.82, 2.24) is 19.6 Å². The summed E-state index contributed by atoms with van der Waals surface area (Å²) < 4.78 is 9.51. The molecule has 0 saturated heterocycles. The maximum atomic E-state index is 12.6. The summed E-state index contributed by atoms with van der Waals surface area (Å²) in [5.74, 6) is 0.634. The molecule has 27 heavy (non-hydrogen) atoms. The van der Waals surface area contributed by atoms with Crippen molar-refractivity contribution >= 4 is 39.4 Å². The maximum Gasteiger partial charge on any atom is 0.205 e. The first-order valence-corrected chi connectivity index (χ1v) is 9.47. The number of ketones is 1. The average Bonchev–Trinajstić information content (AvgIpc) is 3.24. The Hall–Kier alpha value is -2.38. The number of nitrogens with zero attached hydrogens (tertiary/aromatic N) is 4. The number of carbonyl (C=O) groups excluding carboxylic acids is 1. The molecule has 0 spiro atoms. The van der Waals surface area contributed by atoms with E-state index in [1.54, 1.807) is 47.2 Å². The standard InChI is InChI=1S/C19H18BrClN4O2/c1-3-25-19(16(20)10-23-25)17(26)6-4-13-5-7-18(27-2)14(8-13)11-24-12-15(21)9-22-24/h4-10,12H,3,11H2,1-2H3/b6-4+. The summed E-state index contributed by atoms with van der Waals surface area (Å²) in [6.07, 6.45) is 8.29. The number of benzene rings is 1. The number of aryl methyl sites for hydroxylation is 1. The number of aromatic nitrogens is 4. The van der Waals surface area contributed by atoms with Gasteiger partial charge in [0, 0.05) is 18.3 Å². The first-order valence-electron chi connectivity index (χ1n) is 8.30. The van der Waals surface area contributed by atoms with Crippen molar-refractivity contribution in [3.63, 3.8) is 0 Å². The zero-order valence-electron chi connectivity index (χ0n) is 14.9. The molecule has 0 aliphatic carbocycles. The van der Waals surface area contributed by atoms with Gasteiger partial charge in [-0.1, -0.05) is 23.7 Å². The molecule has 2 aromatic heterocycles. The normalized spacial score (nSPS) is 11.3. The van der Waals surface area contributed by atoms with Gasteiger partial charge in [-0.05, 0) is 46.6 Å². The zero-order chi connectivity index (χ0) is 19.4. The molecule has 0 radical (unpaired) electrons. The molecule has 0 fully saturated rings. The molecule has 0 aliphatic heterocycles. The quantitative estimate of drug-likeness (QED) is 0.394. The van der Waals surface area contributed by atoms with E-state index in [1.807, 2.05) is 25.1 Å². The van der Waals surface area contributed by atoms with Crippen LogP contribution in [-0.2, 0) is 13.1 Å². The molecule has 0 bridgehead atoms. The number of halogens is 2. The lowest BCUT2D eigenvalue weighted by molar-refractivity contribution is 0.103. The smallest absolute Gasteiger partial charge is 0.205 e. The van der Waals surface area contributed by atoms with Crippen molar-refractivity contribution in [2.75, 3.05) is 7.11 Å². The minimum atomic E-state index is -0.113. The number of rotatable bonds is 7. The van der Waals surface area contributed by atoms with Gasteiger partial charge in [-0.25, -0.2) is 0 Å². The van der Waals surface area contributed by atoms with E-state index in [2.05, 4.69) is 26.1 Å². The van der Waals surface area contributed by atoms with Crippen LogP contribution in [-0.4, -0.2) is 32.5 Å². The van der Waals surface area contributed by atoms with Crippen LogP contribution in [0.3, 0.4) is 0 Å². The molecule has 0 saturated carbocycles. The van der Waals surface area contributed by atoms with E-state index in [1.165, 1.54) is 0 Å². The number of ether oxygens (including phenoxy) is 1. The van der Waals surface area contributed by atoms with E-state index < -0.39 is 0 Å². The highest BCUT2D eigenvalue weighted by Crippen LogP contribution is 2.23. The summed E-state index contributed by atoms with van der Waals surface area (Å²) in [5, 5.41) is 8.95. The van der Waals surface area contributed by atoms with E-state index >= 15 is 0 Å². The summed E-state index contributed by atoms with van der Waals surface area (Å²) in [7, 11) is 1.62. The number of methoxy groups -OCH3 is 1. The van der Waals surface area contributed by atoms with E-state index in [0.717, 1.165) is 16.9 Å². The van der Waals surface area contributed by atoms with Gasteiger partial charge in [0.15, 0.2) is 0 Å². The zero-order valence-corrected chi connectivity index (χ0v) is 17.2. The monoisotopic (exact) mass is 448 g/mol. The highest BCUT2D eigenvalue weighted by molar-refractivity contribution is 9.10. The van der Waals surface area contributed by atoms with Crippen LogP contribution in [0.5, 0.6) is 5.75 Å². The molecule has 0 unspecified atom stereocenters. The molecule has 3 aromatic rings. The van der Waals surface area contributed by atoms with Gasteiger partial charge in [0.2, 0.25) is 5.78 Å². The molecule has 0 atom stereocenters. The van der Waals surface area contributed by atoms with Crippen molar-refractivity contribution in [3.8, 4) is 5.75 Å². The lowest BCUT2D eigenvalue weighted by atomic mass is 10.1. The van der Waals surface area contributed by atoms with Crippen molar-refractivity contribution < 1.29 is 9.53 Å². The van der Waals surface area contributed by atoms with Gasteiger partial charge >= 0.3 is 0 Å². The molecule has 140 valence electrons. The van der Waals surface area contributed by atoms with E-state index in [0.29, 0.717) is 28.3 Å². The summed E-state index contributed by atoms with van der Waals surface area (Å²) in [6, 6.07) is 5.73. The van der Waals surface area contributed by atoms with Gasteiger partial charge in [-0.15, -0.1) is 0 Å². The predicted molar refractivity (Wildman–Crippen MR) is 108 cm³/mol. The van der Waals surface area contributed by atoms with Crippen molar-refractivity contribution in [2.45, 2.75) is 20.0 Å². The third-order valence-corrected chi connectivity index (χ3v) is 4.77. The highest BCUT2D eigenvalue weighted by Gasteiger charge is 2.14. The first kappa shape index (κ1) is 19.4. The molecule has 0 aliphatic rings. The maximum absolute atomic E-state index is 12.6. The fourth-order valence-corrected chi connectivity index (χ4v) is 3.37. The molecule has 0 N–H and O–H groups in total. The van der Waals surface area contributed by atoms with Gasteiger partial charge in [-0.2, -0.15) is 10.2 Å². The lowest BCUT2D eigenvalue weighted by Gasteiger charge is -2.10. The van der Waals surface area contributed by atoms with Crippen LogP contribution in [0.1, 0.15) is 28.5 Å². The Morgan fingerprint density at radius 1 is 1.33 bits per heavy atom. The Morgan fingerprint density at radius 3 is 2.81 bits per heavy atom. The Balaban J connectivity index is 1.84. The van der Waals surface area contributed by atoms with Gasteiger partial charge in [0.05, 0.1) is 35.5 Å². The largest absolute Gasteiger partial charge is 0.496 e. The van der Waals surface area contributed by atoms with E-state index in [-0.39, 0.29) is 5.78 Å². The van der Waals surface area contributed by atoms with Crippen LogP contribution in [0.25, 0.3) is 6.08 Å². The summed E-state index contributed by atoms with van der Waals surface area (Å²) in [5.41, 5.74) is 2.36. The van der Waals surface area contributed by atoms with Crippen LogP contribution >= 0.6 is 27.5 Å². The number of allylic oxidation sites excluding steroid dienone is 1. The Kier molecular flexibility index (Phi) is 6.13. The number of hydrogen-bond acceptors (Lipinski definition) is 4. The molecule has 0 amide bonds. The minimum absolute atomic E-state index is 0.113. The highest BCUT2D eigenvalue weighted by atomic mass is 79.9. The van der Waals surface area contributed by atoms with Crippen molar-refractivity contribution in [1.29, 1.82) is 0 Å². The number of carbonyl (C=O) groups is 1. The van der Waals surface area contributed by atoms with Gasteiger partial charge < -0.3 is 4.74 Å². The van der Waals surface area contributed by atoms with Crippen molar-refractivity contribution in [3.05, 3.63) is 69.2 Å². The van der Waals surface area contributed by atoms with Crippen LogP contribution < -0.4 is 4.74 Å². The fraction of sp³-hybridized carbons (Fsp3) is 0.211. The summed E-state index contributed by atoms with van der Waals surface area (Å²) >= 11 is 9.31. The molecular weight excluding hydrogens is 432 g/mol. The Labute approximate surface area is 170 Å². The predicted octanol–water partition coefficient (Wildman–Crippen LogP) is 4.47. The van der Waals surface area contributed by atoms with Gasteiger partial charge in [0.25, 0.3) is 0 Å². The molecule has 8 heteroatoms. The minimum Gasteiger partial charge on any atom is -0.496 e. The topological polar surface area (TPSA) is 61.9 Å². The molecule has 1 aromatic carbocycles. The molecule has 6 nitrogen and oxygen atoms in total. The molecular formula is C19H18BrClN4O2. The summed E-state index contributed by atoms with van der Waals surface area (Å²) in [4.78, 5) is 12.6. The second-order valence-electron chi connectivity index (χ2n) is 5.78. The van der Waals surface area contributed by atoms with Crippen LogP contribution in [0.2, 0.25) is 5.02 Å². The molecule has 2 heterocycles. The van der Waals surface area contributed by atoms with E-state index in [4.69, 9.17) is 16.3 Å². The van der Waals surface area contributed by atoms with Gasteiger partial charge in [-0.3, -0.25) is 14.2 Å². The van der Waals surface area contributed by atoms with E-state index in [9.17, 15) is 4.79 Å². The lowest BCUT2D eigenvalue weighted by Crippen LogP contribution is -2.07. The second-order valence-corrected chi connectivity index (χ2v) is 7.07. The molecule has 3 rings (SSSR count). The third kappa shape index (κ3) is 4.48. The SMILES string of the molecule is CCn1ncc(Br)c1C(=O)/C=C/c1ccc(OC)c(Cn2cc(Cl)cn2)c1. The van der Waals surface area contributed by atoms with Gasteiger partial charge in [0.1, 0.15) is 11.4 Å². The average molecular weight is 450 g/mol. The Morgan fingerprint density at radius 2 is 2.15 bits per heavy atom. The first-order chi connectivity index (χ1) is 13.0. The fourth-order valence-electron chi connectivity index (χ4n) is 2.72. The van der Waals surface area contributed by atoms with Crippen molar-refractivity contribution in [2.24, 2.45) is 0 Å². The summed E-state index contributed by atoms with van der Waals surface area (Å²) in [6.45, 7) is 3.08. The van der Waals surface area contributed by atoms with Crippen LogP contribution in [0.15, 0.2) is 47.3 Å². The van der Waals surface area contributed by atoms with Crippen LogP contribution in [0.4, 0.5) is 0 Å². The number of hydrogen-bond donors (Lipinski definition) is 0.